The van der Waals surface area contributed by atoms with E-state index in [9.17, 15) is 14.4 Å². The summed E-state index contributed by atoms with van der Waals surface area (Å²) in [5, 5.41) is 17.5. The number of nitrogens with zero attached hydrogens (tertiary/aromatic N) is 2. The number of carbonyl (C=O) groups excluding carboxylic acids is 1. The SMILES string of the molecule is CC(=O)C1CN(C(=O)O)CCN1C(=O)O. The zero-order chi connectivity index (χ0) is 11.6. The maximum Gasteiger partial charge on any atom is 0.408 e. The molecule has 84 valence electrons. The number of carboxylic acid groups (broad SMARTS) is 2. The van der Waals surface area contributed by atoms with Crippen LogP contribution in [-0.2, 0) is 4.79 Å². The molecule has 7 nitrogen and oxygen atoms in total. The summed E-state index contributed by atoms with van der Waals surface area (Å²) in [6.45, 7) is 1.31. The molecule has 0 spiro atoms. The van der Waals surface area contributed by atoms with Crippen LogP contribution in [0.3, 0.4) is 0 Å². The zero-order valence-corrected chi connectivity index (χ0v) is 8.21. The van der Waals surface area contributed by atoms with E-state index >= 15 is 0 Å². The third-order valence-corrected chi connectivity index (χ3v) is 2.37. The zero-order valence-electron chi connectivity index (χ0n) is 8.21. The minimum Gasteiger partial charge on any atom is -0.465 e. The van der Waals surface area contributed by atoms with Crippen molar-refractivity contribution in [3.8, 4) is 0 Å². The highest BCUT2D eigenvalue weighted by atomic mass is 16.4. The number of rotatable bonds is 1. The van der Waals surface area contributed by atoms with Crippen molar-refractivity contribution >= 4 is 18.0 Å². The van der Waals surface area contributed by atoms with Gasteiger partial charge in [0.1, 0.15) is 6.04 Å². The van der Waals surface area contributed by atoms with Gasteiger partial charge in [0.2, 0.25) is 0 Å². The molecule has 0 bridgehead atoms. The topological polar surface area (TPSA) is 98.2 Å². The molecule has 7 heteroatoms. The van der Waals surface area contributed by atoms with Crippen LogP contribution in [0.4, 0.5) is 9.59 Å². The standard InChI is InChI=1S/C8H12N2O5/c1-5(11)6-4-9(7(12)13)2-3-10(6)8(14)15/h6H,2-4H2,1H3,(H,12,13)(H,14,15). The number of amides is 2. The molecule has 0 aromatic rings. The van der Waals surface area contributed by atoms with Crippen LogP contribution in [0, 0.1) is 0 Å². The van der Waals surface area contributed by atoms with Crippen LogP contribution in [-0.4, -0.2) is 63.7 Å². The summed E-state index contributed by atoms with van der Waals surface area (Å²) in [7, 11) is 0. The molecule has 15 heavy (non-hydrogen) atoms. The largest absolute Gasteiger partial charge is 0.465 e. The first-order chi connectivity index (χ1) is 6.93. The van der Waals surface area contributed by atoms with Gasteiger partial charge >= 0.3 is 12.2 Å². The molecular weight excluding hydrogens is 204 g/mol. The van der Waals surface area contributed by atoms with Gasteiger partial charge < -0.3 is 15.1 Å². The van der Waals surface area contributed by atoms with Gasteiger partial charge in [0, 0.05) is 13.1 Å². The van der Waals surface area contributed by atoms with E-state index in [4.69, 9.17) is 10.2 Å². The summed E-state index contributed by atoms with van der Waals surface area (Å²) < 4.78 is 0. The molecule has 1 unspecified atom stereocenters. The van der Waals surface area contributed by atoms with Crippen molar-refractivity contribution in [1.82, 2.24) is 9.80 Å². The third kappa shape index (κ3) is 2.36. The number of ketones is 1. The first kappa shape index (κ1) is 11.3. The predicted molar refractivity (Wildman–Crippen MR) is 48.8 cm³/mol. The highest BCUT2D eigenvalue weighted by molar-refractivity contribution is 5.86. The second kappa shape index (κ2) is 4.16. The van der Waals surface area contributed by atoms with Gasteiger partial charge in [-0.05, 0) is 6.92 Å². The molecule has 0 radical (unpaired) electrons. The van der Waals surface area contributed by atoms with E-state index in [0.29, 0.717) is 0 Å². The summed E-state index contributed by atoms with van der Waals surface area (Å²) in [4.78, 5) is 34.6. The monoisotopic (exact) mass is 216 g/mol. The minimum atomic E-state index is -1.19. The Morgan fingerprint density at radius 1 is 1.13 bits per heavy atom. The summed E-state index contributed by atoms with van der Waals surface area (Å²) in [5.74, 6) is -0.344. The van der Waals surface area contributed by atoms with Crippen molar-refractivity contribution in [2.45, 2.75) is 13.0 Å². The number of carbonyl (C=O) groups is 3. The number of hydrogen-bond donors (Lipinski definition) is 2. The minimum absolute atomic E-state index is 0.0336. The molecule has 1 fully saturated rings. The van der Waals surface area contributed by atoms with Crippen LogP contribution in [0.2, 0.25) is 0 Å². The van der Waals surface area contributed by atoms with Crippen molar-refractivity contribution in [2.75, 3.05) is 19.6 Å². The second-order valence-corrected chi connectivity index (χ2v) is 3.33. The summed E-state index contributed by atoms with van der Waals surface area (Å²) in [6, 6.07) is -0.882. The van der Waals surface area contributed by atoms with E-state index in [0.717, 1.165) is 9.80 Å². The van der Waals surface area contributed by atoms with E-state index in [1.54, 1.807) is 0 Å². The normalized spacial score (nSPS) is 21.3. The van der Waals surface area contributed by atoms with E-state index in [2.05, 4.69) is 0 Å². The van der Waals surface area contributed by atoms with Crippen molar-refractivity contribution in [1.29, 1.82) is 0 Å². The van der Waals surface area contributed by atoms with Crippen molar-refractivity contribution in [2.24, 2.45) is 0 Å². The highest BCUT2D eigenvalue weighted by Crippen LogP contribution is 2.11. The third-order valence-electron chi connectivity index (χ3n) is 2.37. The Morgan fingerprint density at radius 3 is 2.13 bits per heavy atom. The Bertz CT molecular complexity index is 303. The van der Waals surface area contributed by atoms with E-state index in [1.165, 1.54) is 6.92 Å². The molecule has 0 aromatic heterocycles. The Hall–Kier alpha value is -1.79. The van der Waals surface area contributed by atoms with Gasteiger partial charge in [0.05, 0.1) is 6.54 Å². The van der Waals surface area contributed by atoms with Crippen LogP contribution >= 0.6 is 0 Å². The maximum atomic E-state index is 11.2. The van der Waals surface area contributed by atoms with Gasteiger partial charge in [-0.2, -0.15) is 0 Å². The first-order valence-electron chi connectivity index (χ1n) is 4.41. The van der Waals surface area contributed by atoms with Gasteiger partial charge in [-0.3, -0.25) is 9.69 Å². The van der Waals surface area contributed by atoms with Crippen molar-refractivity contribution in [3.63, 3.8) is 0 Å². The van der Waals surface area contributed by atoms with Gasteiger partial charge in [-0.25, -0.2) is 9.59 Å². The number of piperazine rings is 1. The Labute approximate surface area is 85.9 Å². The van der Waals surface area contributed by atoms with Crippen LogP contribution in [0.15, 0.2) is 0 Å². The highest BCUT2D eigenvalue weighted by Gasteiger charge is 2.34. The lowest BCUT2D eigenvalue weighted by Crippen LogP contribution is -2.58. The van der Waals surface area contributed by atoms with E-state index < -0.39 is 18.2 Å². The molecular formula is C8H12N2O5. The molecule has 1 aliphatic heterocycles. The summed E-state index contributed by atoms with van der Waals surface area (Å²) in [6.07, 6.45) is -2.33. The fourth-order valence-electron chi connectivity index (χ4n) is 1.53. The molecule has 1 saturated heterocycles. The van der Waals surface area contributed by atoms with Crippen LogP contribution in [0.5, 0.6) is 0 Å². The molecule has 2 N–H and O–H groups in total. The van der Waals surface area contributed by atoms with Gasteiger partial charge in [-0.15, -0.1) is 0 Å². The van der Waals surface area contributed by atoms with E-state index in [-0.39, 0.29) is 25.4 Å². The smallest absolute Gasteiger partial charge is 0.408 e. The van der Waals surface area contributed by atoms with E-state index in [1.807, 2.05) is 0 Å². The molecule has 1 aliphatic rings. The van der Waals surface area contributed by atoms with Crippen molar-refractivity contribution in [3.05, 3.63) is 0 Å². The Balaban J connectivity index is 2.78. The quantitative estimate of drug-likeness (QED) is 0.638. The maximum absolute atomic E-state index is 11.2. The van der Waals surface area contributed by atoms with Crippen molar-refractivity contribution < 1.29 is 24.6 Å². The Morgan fingerprint density at radius 2 is 1.73 bits per heavy atom. The predicted octanol–water partition coefficient (Wildman–Crippen LogP) is -0.0824. The van der Waals surface area contributed by atoms with Crippen LogP contribution < -0.4 is 0 Å². The fourth-order valence-corrected chi connectivity index (χ4v) is 1.53. The Kier molecular flexibility index (Phi) is 3.13. The molecule has 0 aliphatic carbocycles. The number of hydrogen-bond acceptors (Lipinski definition) is 3. The van der Waals surface area contributed by atoms with Crippen LogP contribution in [0.25, 0.3) is 0 Å². The molecule has 1 atom stereocenters. The fraction of sp³-hybridized carbons (Fsp3) is 0.625. The first-order valence-corrected chi connectivity index (χ1v) is 4.41. The molecule has 1 rings (SSSR count). The lowest BCUT2D eigenvalue weighted by molar-refractivity contribution is -0.123. The lowest BCUT2D eigenvalue weighted by atomic mass is 10.1. The van der Waals surface area contributed by atoms with Gasteiger partial charge in [-0.1, -0.05) is 0 Å². The van der Waals surface area contributed by atoms with Gasteiger partial charge in [0.25, 0.3) is 0 Å². The van der Waals surface area contributed by atoms with Gasteiger partial charge in [0.15, 0.2) is 5.78 Å². The lowest BCUT2D eigenvalue weighted by Gasteiger charge is -2.37. The average Bonchev–Trinajstić information content (AvgIpc) is 2.16. The molecule has 1 heterocycles. The van der Waals surface area contributed by atoms with Crippen LogP contribution in [0.1, 0.15) is 6.92 Å². The molecule has 0 saturated carbocycles. The molecule has 0 aromatic carbocycles. The summed E-state index contributed by atoms with van der Waals surface area (Å²) >= 11 is 0. The average molecular weight is 216 g/mol. The summed E-state index contributed by atoms with van der Waals surface area (Å²) in [5.41, 5.74) is 0. The molecule has 2 amide bonds. The number of Topliss-reactive ketones (excluding diaryl/α,β-unsaturated/α-hetero) is 1. The second-order valence-electron chi connectivity index (χ2n) is 3.33.